The molecule has 2 fully saturated rings. The van der Waals surface area contributed by atoms with Crippen molar-refractivity contribution in [3.63, 3.8) is 0 Å². The van der Waals surface area contributed by atoms with E-state index in [4.69, 9.17) is 0 Å². The fourth-order valence-corrected chi connectivity index (χ4v) is 4.32. The van der Waals surface area contributed by atoms with E-state index in [0.29, 0.717) is 31.6 Å². The summed E-state index contributed by atoms with van der Waals surface area (Å²) in [4.78, 5) is 4.26. The molecule has 1 aliphatic carbocycles. The molecule has 6 nitrogen and oxygen atoms in total. The van der Waals surface area contributed by atoms with Crippen molar-refractivity contribution in [1.29, 1.82) is 0 Å². The van der Waals surface area contributed by atoms with Gasteiger partial charge in [-0.3, -0.25) is 4.99 Å². The molecule has 22 heavy (non-hydrogen) atoms. The average Bonchev–Trinajstić information content (AvgIpc) is 2.42. The molecule has 2 aliphatic rings. The van der Waals surface area contributed by atoms with E-state index < -0.39 is 10.0 Å². The summed E-state index contributed by atoms with van der Waals surface area (Å²) < 4.78 is 25.7. The van der Waals surface area contributed by atoms with E-state index in [2.05, 4.69) is 15.6 Å². The van der Waals surface area contributed by atoms with Crippen molar-refractivity contribution in [3.05, 3.63) is 0 Å². The Hall–Kier alpha value is -0.0900. The van der Waals surface area contributed by atoms with E-state index in [1.807, 2.05) is 6.92 Å². The van der Waals surface area contributed by atoms with Gasteiger partial charge in [0.15, 0.2) is 5.96 Å². The summed E-state index contributed by atoms with van der Waals surface area (Å²) in [6.07, 6.45) is 6.09. The zero-order valence-electron chi connectivity index (χ0n) is 13.5. The molecule has 0 atom stereocenters. The maximum atomic E-state index is 12.0. The molecule has 8 heteroatoms. The molecule has 0 spiro atoms. The van der Waals surface area contributed by atoms with Crippen molar-refractivity contribution < 1.29 is 8.42 Å². The van der Waals surface area contributed by atoms with Gasteiger partial charge in [0.25, 0.3) is 0 Å². The molecular weight excluding hydrogens is 415 g/mol. The van der Waals surface area contributed by atoms with E-state index >= 15 is 0 Å². The minimum absolute atomic E-state index is 0. The summed E-state index contributed by atoms with van der Waals surface area (Å²) in [5.74, 6) is 1.12. The largest absolute Gasteiger partial charge is 0.354 e. The van der Waals surface area contributed by atoms with Crippen molar-refractivity contribution in [1.82, 2.24) is 14.9 Å². The van der Waals surface area contributed by atoms with Crippen molar-refractivity contribution in [3.8, 4) is 0 Å². The van der Waals surface area contributed by atoms with Crippen LogP contribution in [0.5, 0.6) is 0 Å². The second-order valence-electron chi connectivity index (χ2n) is 5.98. The van der Waals surface area contributed by atoms with Crippen molar-refractivity contribution in [2.75, 3.05) is 25.9 Å². The number of nitrogens with one attached hydrogen (secondary N) is 2. The highest BCUT2D eigenvalue weighted by Crippen LogP contribution is 2.18. The molecule has 0 radical (unpaired) electrons. The Morgan fingerprint density at radius 3 is 2.09 bits per heavy atom. The van der Waals surface area contributed by atoms with Gasteiger partial charge < -0.3 is 10.6 Å². The maximum Gasteiger partial charge on any atom is 0.214 e. The van der Waals surface area contributed by atoms with Crippen LogP contribution < -0.4 is 10.6 Å². The minimum atomic E-state index is -3.04. The van der Waals surface area contributed by atoms with Crippen LogP contribution in [-0.2, 0) is 10.0 Å². The molecule has 1 saturated carbocycles. The fraction of sp³-hybridized carbons (Fsp3) is 0.929. The van der Waals surface area contributed by atoms with E-state index in [1.165, 1.54) is 19.3 Å². The van der Waals surface area contributed by atoms with Crippen molar-refractivity contribution >= 4 is 40.0 Å². The van der Waals surface area contributed by atoms with Gasteiger partial charge in [-0.25, -0.2) is 12.7 Å². The van der Waals surface area contributed by atoms with Gasteiger partial charge in [-0.1, -0.05) is 6.92 Å². The van der Waals surface area contributed by atoms with Gasteiger partial charge in [-0.05, 0) is 38.5 Å². The minimum Gasteiger partial charge on any atom is -0.354 e. The Morgan fingerprint density at radius 1 is 1.14 bits per heavy atom. The standard InChI is InChI=1S/C14H28N4O2S.HI/c1-3-11-21(19,20)18-9-7-13(8-10-18)17-14(15-2)16-12-5-4-6-12;/h12-13H,3-11H2,1-2H3,(H2,15,16,17);1H. The van der Waals surface area contributed by atoms with Crippen LogP contribution in [0.15, 0.2) is 4.99 Å². The Kier molecular flexibility index (Phi) is 8.40. The second kappa shape index (κ2) is 9.27. The van der Waals surface area contributed by atoms with E-state index in [-0.39, 0.29) is 29.7 Å². The van der Waals surface area contributed by atoms with Crippen molar-refractivity contribution in [2.45, 2.75) is 57.5 Å². The van der Waals surface area contributed by atoms with Crippen LogP contribution in [0.1, 0.15) is 45.4 Å². The van der Waals surface area contributed by atoms with Crippen LogP contribution in [-0.4, -0.2) is 56.7 Å². The number of guanidine groups is 1. The van der Waals surface area contributed by atoms with Gasteiger partial charge in [0.05, 0.1) is 5.75 Å². The molecule has 0 unspecified atom stereocenters. The first-order valence-electron chi connectivity index (χ1n) is 8.03. The third kappa shape index (κ3) is 5.52. The maximum absolute atomic E-state index is 12.0. The second-order valence-corrected chi connectivity index (χ2v) is 8.07. The first-order chi connectivity index (χ1) is 10.0. The van der Waals surface area contributed by atoms with E-state index in [0.717, 1.165) is 18.8 Å². The highest BCUT2D eigenvalue weighted by Gasteiger charge is 2.28. The van der Waals surface area contributed by atoms with Gasteiger partial charge in [0.2, 0.25) is 10.0 Å². The van der Waals surface area contributed by atoms with E-state index in [1.54, 1.807) is 11.4 Å². The van der Waals surface area contributed by atoms with Crippen molar-refractivity contribution in [2.24, 2.45) is 4.99 Å². The molecule has 0 aromatic carbocycles. The quantitative estimate of drug-likeness (QED) is 0.383. The van der Waals surface area contributed by atoms with Crippen LogP contribution in [0.3, 0.4) is 0 Å². The Balaban J connectivity index is 0.00000242. The molecular formula is C14H29IN4O2S. The van der Waals surface area contributed by atoms with Crippen LogP contribution in [0, 0.1) is 0 Å². The van der Waals surface area contributed by atoms with Gasteiger partial charge in [0, 0.05) is 32.2 Å². The lowest BCUT2D eigenvalue weighted by atomic mass is 9.93. The summed E-state index contributed by atoms with van der Waals surface area (Å²) >= 11 is 0. The molecule has 0 aromatic rings. The number of rotatable bonds is 5. The fourth-order valence-electron chi connectivity index (χ4n) is 2.78. The van der Waals surface area contributed by atoms with Crippen LogP contribution in [0.4, 0.5) is 0 Å². The van der Waals surface area contributed by atoms with Crippen LogP contribution >= 0.6 is 24.0 Å². The molecule has 0 amide bonds. The molecule has 0 aromatic heterocycles. The predicted octanol–water partition coefficient (Wildman–Crippen LogP) is 1.53. The summed E-state index contributed by atoms with van der Waals surface area (Å²) in [6.45, 7) is 3.13. The SMILES string of the molecule is CCCS(=O)(=O)N1CCC(NC(=NC)NC2CCC2)CC1.I. The summed E-state index contributed by atoms with van der Waals surface area (Å²) in [5, 5.41) is 6.85. The molecule has 1 aliphatic heterocycles. The number of hydrogen-bond acceptors (Lipinski definition) is 3. The highest BCUT2D eigenvalue weighted by atomic mass is 127. The predicted molar refractivity (Wildman–Crippen MR) is 101 cm³/mol. The van der Waals surface area contributed by atoms with Gasteiger partial charge in [0.1, 0.15) is 0 Å². The molecule has 1 heterocycles. The van der Waals surface area contributed by atoms with Gasteiger partial charge >= 0.3 is 0 Å². The summed E-state index contributed by atoms with van der Waals surface area (Å²) in [5.41, 5.74) is 0. The number of sulfonamides is 1. The number of hydrogen-bond donors (Lipinski definition) is 2. The monoisotopic (exact) mass is 444 g/mol. The zero-order chi connectivity index (χ0) is 15.3. The smallest absolute Gasteiger partial charge is 0.214 e. The Morgan fingerprint density at radius 2 is 1.68 bits per heavy atom. The molecule has 2 N–H and O–H groups in total. The summed E-state index contributed by atoms with van der Waals surface area (Å²) in [6, 6.07) is 0.866. The third-order valence-corrected chi connectivity index (χ3v) is 6.40. The lowest BCUT2D eigenvalue weighted by Crippen LogP contribution is -2.52. The number of nitrogens with zero attached hydrogens (tertiary/aromatic N) is 2. The van der Waals surface area contributed by atoms with Crippen LogP contribution in [0.2, 0.25) is 0 Å². The number of aliphatic imine (C=N–C) groups is 1. The first-order valence-corrected chi connectivity index (χ1v) is 9.63. The summed E-state index contributed by atoms with van der Waals surface area (Å²) in [7, 11) is -1.26. The molecule has 130 valence electrons. The van der Waals surface area contributed by atoms with E-state index in [9.17, 15) is 8.42 Å². The molecule has 0 bridgehead atoms. The zero-order valence-corrected chi connectivity index (χ0v) is 16.7. The lowest BCUT2D eigenvalue weighted by Gasteiger charge is -2.34. The Labute approximate surface area is 151 Å². The Bertz CT molecular complexity index is 457. The molecule has 2 rings (SSSR count). The third-order valence-electron chi connectivity index (χ3n) is 4.32. The lowest BCUT2D eigenvalue weighted by molar-refractivity contribution is 0.303. The number of piperidine rings is 1. The van der Waals surface area contributed by atoms with Gasteiger partial charge in [-0.2, -0.15) is 0 Å². The topological polar surface area (TPSA) is 73.8 Å². The average molecular weight is 444 g/mol. The normalized spacial score (nSPS) is 21.8. The van der Waals surface area contributed by atoms with Gasteiger partial charge in [-0.15, -0.1) is 24.0 Å². The highest BCUT2D eigenvalue weighted by molar-refractivity contribution is 14.0. The molecule has 1 saturated heterocycles. The van der Waals surface area contributed by atoms with Crippen LogP contribution in [0.25, 0.3) is 0 Å². The first kappa shape index (κ1) is 20.0. The number of halogens is 1.